The first kappa shape index (κ1) is 32.1. The Bertz CT molecular complexity index is 1500. The van der Waals surface area contributed by atoms with E-state index >= 15 is 0 Å². The lowest BCUT2D eigenvalue weighted by molar-refractivity contribution is -0.120. The Balaban J connectivity index is 1.18. The second-order valence-corrected chi connectivity index (χ2v) is 13.9. The van der Waals surface area contributed by atoms with Gasteiger partial charge in [0.05, 0.1) is 17.7 Å². The molecule has 1 aliphatic carbocycles. The van der Waals surface area contributed by atoms with Gasteiger partial charge in [-0.1, -0.05) is 42.8 Å². The van der Waals surface area contributed by atoms with Crippen molar-refractivity contribution in [2.24, 2.45) is 5.92 Å². The molecule has 0 unspecified atom stereocenters. The van der Waals surface area contributed by atoms with Gasteiger partial charge in [0.1, 0.15) is 17.0 Å². The molecule has 1 saturated heterocycles. The average molecular weight is 616 g/mol. The third kappa shape index (κ3) is 8.23. The van der Waals surface area contributed by atoms with E-state index in [1.165, 1.54) is 0 Å². The number of imidazole rings is 1. The molecule has 0 spiro atoms. The second kappa shape index (κ2) is 12.9. The van der Waals surface area contributed by atoms with Crippen molar-refractivity contribution < 1.29 is 23.9 Å². The predicted molar refractivity (Wildman–Crippen MR) is 174 cm³/mol. The predicted octanol–water partition coefficient (Wildman–Crippen LogP) is 7.45. The van der Waals surface area contributed by atoms with Crippen LogP contribution < -0.4 is 10.6 Å². The first-order chi connectivity index (χ1) is 21.3. The Kier molecular flexibility index (Phi) is 9.23. The number of benzene rings is 2. The van der Waals surface area contributed by atoms with Gasteiger partial charge in [-0.05, 0) is 90.5 Å². The number of alkyl carbamates (subject to hydrolysis) is 1. The molecule has 2 fully saturated rings. The van der Waals surface area contributed by atoms with Gasteiger partial charge >= 0.3 is 12.2 Å². The second-order valence-electron chi connectivity index (χ2n) is 13.9. The Morgan fingerprint density at radius 3 is 2.09 bits per heavy atom. The minimum Gasteiger partial charge on any atom is -0.444 e. The van der Waals surface area contributed by atoms with Crippen molar-refractivity contribution in [2.45, 2.75) is 96.9 Å². The minimum atomic E-state index is -0.590. The van der Waals surface area contributed by atoms with Crippen molar-refractivity contribution in [2.75, 3.05) is 11.9 Å². The molecule has 1 aliphatic heterocycles. The van der Waals surface area contributed by atoms with Crippen molar-refractivity contribution in [1.82, 2.24) is 20.2 Å². The summed E-state index contributed by atoms with van der Waals surface area (Å²) in [4.78, 5) is 47.9. The van der Waals surface area contributed by atoms with Gasteiger partial charge in [-0.2, -0.15) is 0 Å². The molecule has 3 aromatic rings. The summed E-state index contributed by atoms with van der Waals surface area (Å²) in [5, 5.41) is 5.89. The van der Waals surface area contributed by atoms with E-state index in [1.807, 2.05) is 96.3 Å². The Morgan fingerprint density at radius 1 is 0.822 bits per heavy atom. The van der Waals surface area contributed by atoms with Crippen molar-refractivity contribution >= 4 is 23.8 Å². The molecule has 10 nitrogen and oxygen atoms in total. The van der Waals surface area contributed by atoms with Crippen LogP contribution in [0.5, 0.6) is 0 Å². The highest BCUT2D eigenvalue weighted by molar-refractivity contribution is 5.93. The maximum atomic E-state index is 13.1. The van der Waals surface area contributed by atoms with E-state index in [1.54, 1.807) is 4.90 Å². The van der Waals surface area contributed by atoms with Gasteiger partial charge in [0.15, 0.2) is 0 Å². The van der Waals surface area contributed by atoms with E-state index in [2.05, 4.69) is 15.6 Å². The van der Waals surface area contributed by atoms with Crippen LogP contribution in [0.3, 0.4) is 0 Å². The van der Waals surface area contributed by atoms with Gasteiger partial charge in [0.2, 0.25) is 5.91 Å². The lowest BCUT2D eigenvalue weighted by Crippen LogP contribution is -2.44. The number of rotatable bonds is 6. The molecule has 0 radical (unpaired) electrons. The quantitative estimate of drug-likeness (QED) is 0.265. The summed E-state index contributed by atoms with van der Waals surface area (Å²) in [5.41, 5.74) is 3.42. The van der Waals surface area contributed by atoms with Crippen LogP contribution in [0.15, 0.2) is 54.7 Å². The summed E-state index contributed by atoms with van der Waals surface area (Å²) in [6.07, 6.45) is 5.16. The summed E-state index contributed by atoms with van der Waals surface area (Å²) < 4.78 is 11.0. The van der Waals surface area contributed by atoms with Crippen LogP contribution >= 0.6 is 0 Å². The molecule has 1 aromatic heterocycles. The van der Waals surface area contributed by atoms with Crippen LogP contribution in [-0.2, 0) is 14.3 Å². The van der Waals surface area contributed by atoms with Gasteiger partial charge in [-0.15, -0.1) is 0 Å². The van der Waals surface area contributed by atoms with Crippen molar-refractivity contribution in [3.63, 3.8) is 0 Å². The molecular weight excluding hydrogens is 570 g/mol. The number of nitrogens with one attached hydrogen (secondary N) is 3. The highest BCUT2D eigenvalue weighted by Crippen LogP contribution is 2.33. The molecule has 10 heteroatoms. The number of nitrogens with zero attached hydrogens (tertiary/aromatic N) is 2. The Morgan fingerprint density at radius 2 is 1.44 bits per heavy atom. The summed E-state index contributed by atoms with van der Waals surface area (Å²) >= 11 is 0. The van der Waals surface area contributed by atoms with Crippen LogP contribution in [0.2, 0.25) is 0 Å². The van der Waals surface area contributed by atoms with Crippen LogP contribution in [0.1, 0.15) is 85.5 Å². The molecule has 45 heavy (non-hydrogen) atoms. The van der Waals surface area contributed by atoms with Crippen LogP contribution in [0, 0.1) is 5.92 Å². The molecule has 1 saturated carbocycles. The van der Waals surface area contributed by atoms with Crippen molar-refractivity contribution in [3.8, 4) is 22.4 Å². The zero-order chi connectivity index (χ0) is 32.4. The van der Waals surface area contributed by atoms with Gasteiger partial charge in [0, 0.05) is 30.0 Å². The number of amides is 3. The number of hydrogen-bond acceptors (Lipinski definition) is 6. The third-order valence-corrected chi connectivity index (χ3v) is 8.02. The van der Waals surface area contributed by atoms with E-state index in [-0.39, 0.29) is 30.0 Å². The smallest absolute Gasteiger partial charge is 0.410 e. The third-order valence-electron chi connectivity index (χ3n) is 8.02. The van der Waals surface area contributed by atoms with Crippen LogP contribution in [0.4, 0.5) is 15.3 Å². The molecule has 3 amide bonds. The zero-order valence-electron chi connectivity index (χ0n) is 27.1. The highest BCUT2D eigenvalue weighted by atomic mass is 16.6. The molecule has 2 aromatic carbocycles. The number of hydrogen-bond donors (Lipinski definition) is 3. The standard InChI is InChI=1S/C35H45N5O5/c1-34(2,3)44-32(42)39-27-10-7-9-26(27)31(41)37-25-18-16-23(17-19-25)22-12-14-24(15-13-22)28-21-36-30(38-28)29-11-8-20-40(29)33(43)45-35(4,5)6/h12-19,21,26-27,29H,7-11,20H2,1-6H3,(H,36,38)(H,37,41)(H,39,42)/t26-,27-,29+/m1/s1. The fraction of sp³-hybridized carbons (Fsp3) is 0.486. The Labute approximate surface area is 265 Å². The van der Waals surface area contributed by atoms with Crippen molar-refractivity contribution in [3.05, 3.63) is 60.6 Å². The lowest BCUT2D eigenvalue weighted by atomic mass is 10.0. The number of carbonyl (C=O) groups is 3. The molecule has 3 N–H and O–H groups in total. The molecular formula is C35H45N5O5. The number of aromatic amines is 1. The lowest BCUT2D eigenvalue weighted by Gasteiger charge is -2.27. The van der Waals surface area contributed by atoms with E-state index in [9.17, 15) is 14.4 Å². The minimum absolute atomic E-state index is 0.101. The van der Waals surface area contributed by atoms with Crippen molar-refractivity contribution in [1.29, 1.82) is 0 Å². The number of H-pyrrole nitrogens is 1. The largest absolute Gasteiger partial charge is 0.444 e. The van der Waals surface area contributed by atoms with E-state index in [0.717, 1.165) is 60.3 Å². The zero-order valence-corrected chi connectivity index (χ0v) is 27.1. The SMILES string of the molecule is CC(C)(C)OC(=O)N[C@@H]1CCC[C@H]1C(=O)Nc1ccc(-c2ccc(-c3c[nH]c([C@@H]4CCCN4C(=O)OC(C)(C)C)n3)cc2)cc1. The van der Waals surface area contributed by atoms with Crippen LogP contribution in [-0.4, -0.2) is 56.8 Å². The van der Waals surface area contributed by atoms with E-state index < -0.39 is 17.3 Å². The topological polar surface area (TPSA) is 126 Å². The average Bonchev–Trinajstić information content (AvgIpc) is 3.72. The van der Waals surface area contributed by atoms with Crippen LogP contribution in [0.25, 0.3) is 22.4 Å². The molecule has 0 bridgehead atoms. The number of carbonyl (C=O) groups excluding carboxylic acids is 3. The first-order valence-corrected chi connectivity index (χ1v) is 15.8. The van der Waals surface area contributed by atoms with Gasteiger partial charge in [0.25, 0.3) is 0 Å². The molecule has 2 heterocycles. The number of likely N-dealkylation sites (tertiary alicyclic amines) is 1. The molecule has 5 rings (SSSR count). The van der Waals surface area contributed by atoms with Gasteiger partial charge in [-0.25, -0.2) is 14.6 Å². The van der Waals surface area contributed by atoms with E-state index in [4.69, 9.17) is 14.5 Å². The van der Waals surface area contributed by atoms with E-state index in [0.29, 0.717) is 12.2 Å². The summed E-state index contributed by atoms with van der Waals surface area (Å²) in [7, 11) is 0. The summed E-state index contributed by atoms with van der Waals surface area (Å²) in [6, 6.07) is 15.5. The molecule has 3 atom stereocenters. The highest BCUT2D eigenvalue weighted by Gasteiger charge is 2.36. The van der Waals surface area contributed by atoms with Gasteiger partial charge in [-0.3, -0.25) is 9.69 Å². The normalized spacial score (nSPS) is 20.1. The number of aromatic nitrogens is 2. The fourth-order valence-corrected chi connectivity index (χ4v) is 5.97. The molecule has 2 aliphatic rings. The summed E-state index contributed by atoms with van der Waals surface area (Å²) in [6.45, 7) is 11.7. The first-order valence-electron chi connectivity index (χ1n) is 15.8. The number of anilines is 1. The fourth-order valence-electron chi connectivity index (χ4n) is 5.97. The maximum Gasteiger partial charge on any atom is 0.410 e. The maximum absolute atomic E-state index is 13.1. The van der Waals surface area contributed by atoms with Gasteiger partial charge < -0.3 is 25.1 Å². The number of ether oxygens (including phenoxy) is 2. The summed E-state index contributed by atoms with van der Waals surface area (Å²) in [5.74, 6) is 0.358. The molecule has 240 valence electrons. The monoisotopic (exact) mass is 615 g/mol. The Hall–Kier alpha value is -4.34.